The molecule has 0 aliphatic rings. The van der Waals surface area contributed by atoms with Crippen molar-refractivity contribution in [1.29, 1.82) is 0 Å². The SMILES string of the molecule is Cc1cc2c(CCN(C)C)cccc2n1C. The van der Waals surface area contributed by atoms with Crippen LogP contribution in [0.3, 0.4) is 0 Å². The van der Waals surface area contributed by atoms with E-state index >= 15 is 0 Å². The first-order valence-electron chi connectivity index (χ1n) is 5.78. The number of aryl methyl sites for hydroxylation is 2. The summed E-state index contributed by atoms with van der Waals surface area (Å²) in [5.74, 6) is 0. The van der Waals surface area contributed by atoms with Crippen LogP contribution >= 0.6 is 0 Å². The van der Waals surface area contributed by atoms with Gasteiger partial charge in [0.25, 0.3) is 0 Å². The zero-order valence-corrected chi connectivity index (χ0v) is 10.6. The zero-order valence-electron chi connectivity index (χ0n) is 10.6. The molecule has 0 N–H and O–H groups in total. The highest BCUT2D eigenvalue weighted by molar-refractivity contribution is 5.84. The molecule has 0 unspecified atom stereocenters. The number of hydrogen-bond acceptors (Lipinski definition) is 1. The summed E-state index contributed by atoms with van der Waals surface area (Å²) in [5.41, 5.74) is 4.12. The van der Waals surface area contributed by atoms with Crippen LogP contribution < -0.4 is 0 Å². The first kappa shape index (κ1) is 11.2. The lowest BCUT2D eigenvalue weighted by molar-refractivity contribution is 0.414. The summed E-state index contributed by atoms with van der Waals surface area (Å²) in [7, 11) is 6.38. The quantitative estimate of drug-likeness (QED) is 0.765. The van der Waals surface area contributed by atoms with E-state index in [9.17, 15) is 0 Å². The first-order valence-corrected chi connectivity index (χ1v) is 5.78. The van der Waals surface area contributed by atoms with E-state index in [1.54, 1.807) is 0 Å². The summed E-state index contributed by atoms with van der Waals surface area (Å²) < 4.78 is 2.26. The Hall–Kier alpha value is -1.28. The van der Waals surface area contributed by atoms with Crippen molar-refractivity contribution < 1.29 is 0 Å². The normalized spacial score (nSPS) is 11.6. The summed E-state index contributed by atoms with van der Waals surface area (Å²) in [4.78, 5) is 2.23. The van der Waals surface area contributed by atoms with Gasteiger partial charge in [0.15, 0.2) is 0 Å². The van der Waals surface area contributed by atoms with Crippen LogP contribution in [0.2, 0.25) is 0 Å². The van der Waals surface area contributed by atoms with Crippen LogP contribution in [0.4, 0.5) is 0 Å². The molecule has 2 aromatic rings. The second kappa shape index (κ2) is 4.30. The molecular weight excluding hydrogens is 196 g/mol. The van der Waals surface area contributed by atoms with Crippen LogP contribution in [0.15, 0.2) is 24.3 Å². The average molecular weight is 216 g/mol. The fourth-order valence-electron chi connectivity index (χ4n) is 2.12. The molecule has 0 aliphatic heterocycles. The summed E-state index contributed by atoms with van der Waals surface area (Å²) in [6.07, 6.45) is 1.12. The van der Waals surface area contributed by atoms with E-state index in [0.29, 0.717) is 0 Å². The van der Waals surface area contributed by atoms with Gasteiger partial charge in [-0.05, 0) is 45.1 Å². The van der Waals surface area contributed by atoms with Crippen LogP contribution in [0.5, 0.6) is 0 Å². The molecule has 0 fully saturated rings. The lowest BCUT2D eigenvalue weighted by Crippen LogP contribution is -2.15. The fraction of sp³-hybridized carbons (Fsp3) is 0.429. The molecule has 0 bridgehead atoms. The molecule has 0 radical (unpaired) electrons. The maximum atomic E-state index is 2.29. The number of fused-ring (bicyclic) bond motifs is 1. The summed E-state index contributed by atoms with van der Waals surface area (Å²) >= 11 is 0. The Morgan fingerprint density at radius 1 is 1.25 bits per heavy atom. The van der Waals surface area contributed by atoms with Crippen LogP contribution in [0.25, 0.3) is 10.9 Å². The number of likely N-dealkylation sites (N-methyl/N-ethyl adjacent to an activating group) is 1. The van der Waals surface area contributed by atoms with E-state index < -0.39 is 0 Å². The smallest absolute Gasteiger partial charge is 0.0482 e. The molecule has 0 saturated carbocycles. The third-order valence-corrected chi connectivity index (χ3v) is 3.25. The van der Waals surface area contributed by atoms with Crippen molar-refractivity contribution in [2.45, 2.75) is 13.3 Å². The molecular formula is C14H20N2. The molecule has 86 valence electrons. The van der Waals surface area contributed by atoms with Gasteiger partial charge in [-0.2, -0.15) is 0 Å². The van der Waals surface area contributed by atoms with Gasteiger partial charge in [0.05, 0.1) is 0 Å². The van der Waals surface area contributed by atoms with Crippen LogP contribution in [-0.4, -0.2) is 30.1 Å². The molecule has 2 rings (SSSR count). The van der Waals surface area contributed by atoms with Gasteiger partial charge in [-0.25, -0.2) is 0 Å². The lowest BCUT2D eigenvalue weighted by Gasteiger charge is -2.10. The second-order valence-electron chi connectivity index (χ2n) is 4.75. The van der Waals surface area contributed by atoms with Gasteiger partial charge in [0, 0.05) is 30.2 Å². The lowest BCUT2D eigenvalue weighted by atomic mass is 10.1. The summed E-state index contributed by atoms with van der Waals surface area (Å²) in [5, 5.41) is 1.41. The molecule has 1 heterocycles. The molecule has 2 heteroatoms. The zero-order chi connectivity index (χ0) is 11.7. The predicted molar refractivity (Wildman–Crippen MR) is 69.9 cm³/mol. The molecule has 2 nitrogen and oxygen atoms in total. The van der Waals surface area contributed by atoms with Crippen molar-refractivity contribution in [2.24, 2.45) is 7.05 Å². The Balaban J connectivity index is 2.42. The first-order chi connectivity index (χ1) is 7.59. The van der Waals surface area contributed by atoms with E-state index in [2.05, 4.69) is 61.8 Å². The third kappa shape index (κ3) is 1.98. The Morgan fingerprint density at radius 2 is 2.00 bits per heavy atom. The number of benzene rings is 1. The minimum absolute atomic E-state index is 1.10. The summed E-state index contributed by atoms with van der Waals surface area (Å²) in [6, 6.07) is 8.89. The summed E-state index contributed by atoms with van der Waals surface area (Å²) in [6.45, 7) is 3.27. The minimum Gasteiger partial charge on any atom is -0.348 e. The van der Waals surface area contributed by atoms with Gasteiger partial charge in [0.2, 0.25) is 0 Å². The molecule has 0 atom stereocenters. The van der Waals surface area contributed by atoms with Crippen LogP contribution in [-0.2, 0) is 13.5 Å². The molecule has 1 aromatic carbocycles. The maximum Gasteiger partial charge on any atom is 0.0482 e. The fourth-order valence-corrected chi connectivity index (χ4v) is 2.12. The van der Waals surface area contributed by atoms with Gasteiger partial charge in [-0.1, -0.05) is 12.1 Å². The Bertz CT molecular complexity index is 495. The van der Waals surface area contributed by atoms with Crippen molar-refractivity contribution in [2.75, 3.05) is 20.6 Å². The standard InChI is InChI=1S/C14H20N2/c1-11-10-13-12(8-9-15(2)3)6-5-7-14(13)16(11)4/h5-7,10H,8-9H2,1-4H3. The monoisotopic (exact) mass is 216 g/mol. The largest absolute Gasteiger partial charge is 0.348 e. The van der Waals surface area contributed by atoms with Gasteiger partial charge in [0.1, 0.15) is 0 Å². The van der Waals surface area contributed by atoms with Gasteiger partial charge >= 0.3 is 0 Å². The van der Waals surface area contributed by atoms with Crippen molar-refractivity contribution in [3.63, 3.8) is 0 Å². The van der Waals surface area contributed by atoms with Gasteiger partial charge < -0.3 is 9.47 Å². The Labute approximate surface area is 97.5 Å². The van der Waals surface area contributed by atoms with Crippen LogP contribution in [0, 0.1) is 6.92 Å². The van der Waals surface area contributed by atoms with E-state index in [1.807, 2.05) is 0 Å². The van der Waals surface area contributed by atoms with Crippen LogP contribution in [0.1, 0.15) is 11.3 Å². The van der Waals surface area contributed by atoms with E-state index in [0.717, 1.165) is 13.0 Å². The number of nitrogens with zero attached hydrogens (tertiary/aromatic N) is 2. The Kier molecular flexibility index (Phi) is 3.01. The van der Waals surface area contributed by atoms with Gasteiger partial charge in [-0.15, -0.1) is 0 Å². The molecule has 0 spiro atoms. The predicted octanol–water partition coefficient (Wildman–Crippen LogP) is 2.59. The van der Waals surface area contributed by atoms with Crippen molar-refractivity contribution in [1.82, 2.24) is 9.47 Å². The molecule has 0 saturated heterocycles. The van der Waals surface area contributed by atoms with E-state index in [1.165, 1.54) is 22.2 Å². The van der Waals surface area contributed by atoms with E-state index in [-0.39, 0.29) is 0 Å². The van der Waals surface area contributed by atoms with Crippen molar-refractivity contribution in [3.05, 3.63) is 35.5 Å². The number of aromatic nitrogens is 1. The molecule has 1 aromatic heterocycles. The van der Waals surface area contributed by atoms with Crippen molar-refractivity contribution >= 4 is 10.9 Å². The van der Waals surface area contributed by atoms with E-state index in [4.69, 9.17) is 0 Å². The number of rotatable bonds is 3. The maximum absolute atomic E-state index is 2.29. The second-order valence-corrected chi connectivity index (χ2v) is 4.75. The minimum atomic E-state index is 1.10. The third-order valence-electron chi connectivity index (χ3n) is 3.25. The van der Waals surface area contributed by atoms with Gasteiger partial charge in [-0.3, -0.25) is 0 Å². The number of hydrogen-bond donors (Lipinski definition) is 0. The highest BCUT2D eigenvalue weighted by atomic mass is 15.0. The average Bonchev–Trinajstić information content (AvgIpc) is 2.53. The Morgan fingerprint density at radius 3 is 2.69 bits per heavy atom. The highest BCUT2D eigenvalue weighted by Gasteiger charge is 2.06. The molecule has 0 amide bonds. The highest BCUT2D eigenvalue weighted by Crippen LogP contribution is 2.22. The van der Waals surface area contributed by atoms with Crippen molar-refractivity contribution in [3.8, 4) is 0 Å². The molecule has 0 aliphatic carbocycles. The molecule has 16 heavy (non-hydrogen) atoms. The topological polar surface area (TPSA) is 8.17 Å².